The maximum absolute atomic E-state index is 13.5. The molecular weight excluding hydrogens is 259 g/mol. The molecule has 0 aromatic heterocycles. The summed E-state index contributed by atoms with van der Waals surface area (Å²) in [6.07, 6.45) is 20.9. The number of unbranched alkanes of at least 4 members (excludes halogenated alkanes) is 13. The maximum atomic E-state index is 13.5. The van der Waals surface area contributed by atoms with Crippen molar-refractivity contribution in [3.63, 3.8) is 0 Å². The number of alkyl halides is 1. The lowest BCUT2D eigenvalue weighted by Crippen LogP contribution is -1.99. The van der Waals surface area contributed by atoms with Crippen LogP contribution in [0.4, 0.5) is 4.39 Å². The van der Waals surface area contributed by atoms with Crippen molar-refractivity contribution in [1.29, 1.82) is 0 Å². The summed E-state index contributed by atoms with van der Waals surface area (Å²) in [5.74, 6) is 0. The van der Waals surface area contributed by atoms with E-state index in [0.29, 0.717) is 0 Å². The fourth-order valence-electron chi connectivity index (χ4n) is 2.97. The average Bonchev–Trinajstić information content (AvgIpc) is 2.48. The molecule has 0 bridgehead atoms. The van der Waals surface area contributed by atoms with E-state index in [1.807, 2.05) is 0 Å². The van der Waals surface area contributed by atoms with Gasteiger partial charge >= 0.3 is 0 Å². The highest BCUT2D eigenvalue weighted by atomic mass is 19.1. The standard InChI is InChI=1S/C20H41F/c1-3-5-7-8-9-10-11-12-13-14-15-17-19-20(21)18-16-6-4-2/h20H,3-19H2,1-2H3. The Morgan fingerprint density at radius 3 is 1.19 bits per heavy atom. The molecule has 0 nitrogen and oxygen atoms in total. The Bertz CT molecular complexity index is 179. The molecule has 128 valence electrons. The quantitative estimate of drug-likeness (QED) is 0.239. The van der Waals surface area contributed by atoms with Crippen molar-refractivity contribution in [1.82, 2.24) is 0 Å². The third-order valence-corrected chi connectivity index (χ3v) is 4.49. The molecule has 1 heteroatoms. The van der Waals surface area contributed by atoms with Crippen LogP contribution in [0.15, 0.2) is 0 Å². The van der Waals surface area contributed by atoms with E-state index in [0.717, 1.165) is 25.7 Å². The molecule has 0 fully saturated rings. The molecule has 21 heavy (non-hydrogen) atoms. The van der Waals surface area contributed by atoms with E-state index >= 15 is 0 Å². The predicted octanol–water partition coefficient (Wildman–Crippen LogP) is 8.00. The van der Waals surface area contributed by atoms with Gasteiger partial charge in [-0.25, -0.2) is 4.39 Å². The minimum Gasteiger partial charge on any atom is -0.247 e. The van der Waals surface area contributed by atoms with Gasteiger partial charge in [-0.3, -0.25) is 0 Å². The van der Waals surface area contributed by atoms with Crippen molar-refractivity contribution in [2.75, 3.05) is 0 Å². The van der Waals surface area contributed by atoms with Gasteiger partial charge in [-0.1, -0.05) is 110 Å². The first kappa shape index (κ1) is 20.9. The summed E-state index contributed by atoms with van der Waals surface area (Å²) in [6, 6.07) is 0. The fraction of sp³-hybridized carbons (Fsp3) is 1.00. The third-order valence-electron chi connectivity index (χ3n) is 4.49. The molecule has 0 aromatic rings. The summed E-state index contributed by atoms with van der Waals surface area (Å²) >= 11 is 0. The third kappa shape index (κ3) is 17.9. The summed E-state index contributed by atoms with van der Waals surface area (Å²) < 4.78 is 13.5. The molecule has 1 unspecified atom stereocenters. The molecule has 0 aliphatic carbocycles. The molecule has 0 saturated heterocycles. The zero-order valence-electron chi connectivity index (χ0n) is 15.0. The summed E-state index contributed by atoms with van der Waals surface area (Å²) in [7, 11) is 0. The van der Waals surface area contributed by atoms with E-state index in [4.69, 9.17) is 0 Å². The van der Waals surface area contributed by atoms with E-state index < -0.39 is 6.17 Å². The van der Waals surface area contributed by atoms with E-state index in [9.17, 15) is 4.39 Å². The van der Waals surface area contributed by atoms with Crippen LogP contribution in [0.5, 0.6) is 0 Å². The molecule has 0 aliphatic heterocycles. The highest BCUT2D eigenvalue weighted by molar-refractivity contribution is 4.57. The summed E-state index contributed by atoms with van der Waals surface area (Å²) in [5, 5.41) is 0. The lowest BCUT2D eigenvalue weighted by atomic mass is 10.0. The second-order valence-electron chi connectivity index (χ2n) is 6.77. The van der Waals surface area contributed by atoms with Gasteiger partial charge in [-0.2, -0.15) is 0 Å². The number of rotatable bonds is 17. The van der Waals surface area contributed by atoms with Gasteiger partial charge in [0.2, 0.25) is 0 Å². The largest absolute Gasteiger partial charge is 0.247 e. The van der Waals surface area contributed by atoms with Crippen molar-refractivity contribution < 1.29 is 4.39 Å². The zero-order valence-corrected chi connectivity index (χ0v) is 15.0. The molecule has 0 saturated carbocycles. The lowest BCUT2D eigenvalue weighted by Gasteiger charge is -2.07. The highest BCUT2D eigenvalue weighted by Crippen LogP contribution is 2.16. The van der Waals surface area contributed by atoms with Crippen LogP contribution in [0.2, 0.25) is 0 Å². The van der Waals surface area contributed by atoms with Crippen LogP contribution in [0, 0.1) is 0 Å². The van der Waals surface area contributed by atoms with Crippen molar-refractivity contribution >= 4 is 0 Å². The number of hydrogen-bond acceptors (Lipinski definition) is 0. The van der Waals surface area contributed by atoms with Gasteiger partial charge in [0.25, 0.3) is 0 Å². The molecule has 0 aliphatic rings. The topological polar surface area (TPSA) is 0 Å². The molecule has 0 rings (SSSR count). The lowest BCUT2D eigenvalue weighted by molar-refractivity contribution is 0.279. The second-order valence-corrected chi connectivity index (χ2v) is 6.77. The number of halogens is 1. The SMILES string of the molecule is CCCCCCCCCCCCCCC(F)CCCCC. The van der Waals surface area contributed by atoms with Gasteiger partial charge in [-0.15, -0.1) is 0 Å². The fourth-order valence-corrected chi connectivity index (χ4v) is 2.97. The Hall–Kier alpha value is -0.0700. The monoisotopic (exact) mass is 300 g/mol. The van der Waals surface area contributed by atoms with Crippen LogP contribution in [-0.4, -0.2) is 6.17 Å². The molecule has 0 N–H and O–H groups in total. The van der Waals surface area contributed by atoms with Crippen LogP contribution in [0.25, 0.3) is 0 Å². The van der Waals surface area contributed by atoms with Gasteiger partial charge in [0.1, 0.15) is 6.17 Å². The van der Waals surface area contributed by atoms with Crippen LogP contribution in [0.3, 0.4) is 0 Å². The van der Waals surface area contributed by atoms with Crippen LogP contribution in [0.1, 0.15) is 123 Å². The van der Waals surface area contributed by atoms with Crippen molar-refractivity contribution in [2.45, 2.75) is 129 Å². The minimum atomic E-state index is -0.528. The second kappa shape index (κ2) is 18.0. The molecule has 0 radical (unpaired) electrons. The first-order chi connectivity index (χ1) is 10.3. The normalized spacial score (nSPS) is 12.7. The first-order valence-electron chi connectivity index (χ1n) is 9.95. The first-order valence-corrected chi connectivity index (χ1v) is 9.95. The van der Waals surface area contributed by atoms with Gasteiger partial charge in [-0.05, 0) is 12.8 Å². The molecule has 0 spiro atoms. The Morgan fingerprint density at radius 2 is 0.762 bits per heavy atom. The average molecular weight is 301 g/mol. The summed E-state index contributed by atoms with van der Waals surface area (Å²) in [5.41, 5.74) is 0. The Morgan fingerprint density at radius 1 is 0.476 bits per heavy atom. The molecule has 0 heterocycles. The summed E-state index contributed by atoms with van der Waals surface area (Å²) in [6.45, 7) is 4.45. The van der Waals surface area contributed by atoms with Crippen molar-refractivity contribution in [3.8, 4) is 0 Å². The molecule has 0 aromatic carbocycles. The van der Waals surface area contributed by atoms with Crippen molar-refractivity contribution in [3.05, 3.63) is 0 Å². The number of hydrogen-bond donors (Lipinski definition) is 0. The minimum absolute atomic E-state index is 0.528. The van der Waals surface area contributed by atoms with E-state index in [1.54, 1.807) is 0 Å². The molecule has 1 atom stereocenters. The Kier molecular flexibility index (Phi) is 17.9. The van der Waals surface area contributed by atoms with Gasteiger partial charge in [0.05, 0.1) is 0 Å². The Balaban J connectivity index is 3.05. The predicted molar refractivity (Wildman–Crippen MR) is 94.7 cm³/mol. The van der Waals surface area contributed by atoms with E-state index in [2.05, 4.69) is 13.8 Å². The van der Waals surface area contributed by atoms with E-state index in [-0.39, 0.29) is 0 Å². The van der Waals surface area contributed by atoms with Crippen LogP contribution in [-0.2, 0) is 0 Å². The van der Waals surface area contributed by atoms with Crippen LogP contribution < -0.4 is 0 Å². The highest BCUT2D eigenvalue weighted by Gasteiger charge is 2.05. The molecule has 0 amide bonds. The maximum Gasteiger partial charge on any atom is 0.100 e. The Labute approximate surface area is 134 Å². The summed E-state index contributed by atoms with van der Waals surface area (Å²) in [4.78, 5) is 0. The van der Waals surface area contributed by atoms with Gasteiger partial charge in [0, 0.05) is 0 Å². The van der Waals surface area contributed by atoms with Crippen LogP contribution >= 0.6 is 0 Å². The van der Waals surface area contributed by atoms with Gasteiger partial charge < -0.3 is 0 Å². The van der Waals surface area contributed by atoms with Gasteiger partial charge in [0.15, 0.2) is 0 Å². The van der Waals surface area contributed by atoms with Crippen molar-refractivity contribution in [2.24, 2.45) is 0 Å². The zero-order chi connectivity index (χ0) is 15.6. The smallest absolute Gasteiger partial charge is 0.100 e. The molecular formula is C20H41F. The van der Waals surface area contributed by atoms with E-state index in [1.165, 1.54) is 83.5 Å².